The molecule has 3 aliphatic rings. The van der Waals surface area contributed by atoms with Crippen LogP contribution in [0.4, 0.5) is 0 Å². The van der Waals surface area contributed by atoms with Gasteiger partial charge in [-0.15, -0.1) is 0 Å². The molecule has 0 fully saturated rings. The maximum Gasteiger partial charge on any atom is 0.509 e. The van der Waals surface area contributed by atoms with Crippen LogP contribution in [-0.2, 0) is 0 Å². The fourth-order valence-corrected chi connectivity index (χ4v) is 2.05. The molecule has 0 atom stereocenters. The molecule has 3 aliphatic heterocycles. The maximum atomic E-state index is 3.22. The van der Waals surface area contributed by atoms with Crippen molar-refractivity contribution in [1.29, 1.82) is 0 Å². The van der Waals surface area contributed by atoms with Crippen LogP contribution in [0.3, 0.4) is 0 Å². The van der Waals surface area contributed by atoms with E-state index in [0.29, 0.717) is 0 Å². The summed E-state index contributed by atoms with van der Waals surface area (Å²) in [5.74, 6) is 0. The van der Waals surface area contributed by atoms with Gasteiger partial charge in [-0.2, -0.15) is 0 Å². The SMILES string of the molecule is CN1[C]N(B(N2[C]N(C)C=C2)N2[C]N(C)C=C2)C=C1. The van der Waals surface area contributed by atoms with E-state index in [4.69, 9.17) is 0 Å². The zero-order chi connectivity index (χ0) is 13.4. The summed E-state index contributed by atoms with van der Waals surface area (Å²) in [7, 11) is 5.74. The predicted molar refractivity (Wildman–Crippen MR) is 71.7 cm³/mol. The van der Waals surface area contributed by atoms with Crippen molar-refractivity contribution >= 4 is 7.12 Å². The van der Waals surface area contributed by atoms with E-state index < -0.39 is 0 Å². The van der Waals surface area contributed by atoms with Crippen molar-refractivity contribution in [1.82, 2.24) is 29.1 Å². The summed E-state index contributed by atoms with van der Waals surface area (Å²) in [5.41, 5.74) is 0. The van der Waals surface area contributed by atoms with E-state index in [0.717, 1.165) is 0 Å². The molecule has 3 heterocycles. The molecule has 19 heavy (non-hydrogen) atoms. The fraction of sp³-hybridized carbons (Fsp3) is 0.250. The van der Waals surface area contributed by atoms with E-state index in [2.05, 4.69) is 20.0 Å². The first-order valence-electron chi connectivity index (χ1n) is 6.01. The lowest BCUT2D eigenvalue weighted by molar-refractivity contribution is 0.382. The van der Waals surface area contributed by atoms with Crippen molar-refractivity contribution in [2.24, 2.45) is 0 Å². The topological polar surface area (TPSA) is 19.4 Å². The van der Waals surface area contributed by atoms with Gasteiger partial charge < -0.3 is 29.1 Å². The third-order valence-electron chi connectivity index (χ3n) is 2.92. The highest BCUT2D eigenvalue weighted by molar-refractivity contribution is 6.51. The van der Waals surface area contributed by atoms with Crippen LogP contribution in [0.5, 0.6) is 0 Å². The van der Waals surface area contributed by atoms with E-state index >= 15 is 0 Å². The molecule has 0 saturated heterocycles. The van der Waals surface area contributed by atoms with Crippen molar-refractivity contribution < 1.29 is 0 Å². The van der Waals surface area contributed by atoms with E-state index in [1.807, 2.05) is 87.5 Å². The Morgan fingerprint density at radius 1 is 0.579 bits per heavy atom. The van der Waals surface area contributed by atoms with Crippen molar-refractivity contribution in [3.05, 3.63) is 57.2 Å². The molecule has 0 amide bonds. The molecule has 0 aliphatic carbocycles. The Kier molecular flexibility index (Phi) is 2.96. The Balaban J connectivity index is 1.78. The molecule has 0 bridgehead atoms. The van der Waals surface area contributed by atoms with Gasteiger partial charge in [0.25, 0.3) is 0 Å². The summed E-state index contributed by atoms with van der Waals surface area (Å²) in [6, 6.07) is 0. The number of hydrogen-bond donors (Lipinski definition) is 0. The average Bonchev–Trinajstić information content (AvgIpc) is 3.05. The Labute approximate surface area is 115 Å². The van der Waals surface area contributed by atoms with Crippen molar-refractivity contribution in [2.45, 2.75) is 0 Å². The Hall–Kier alpha value is -1.92. The lowest BCUT2D eigenvalue weighted by atomic mass is 9.86. The molecule has 0 aromatic heterocycles. The molecule has 6 radical (unpaired) electrons. The molecular weight excluding hydrogens is 239 g/mol. The number of rotatable bonds is 3. The van der Waals surface area contributed by atoms with E-state index in [-0.39, 0.29) is 7.12 Å². The largest absolute Gasteiger partial charge is 0.509 e. The molecule has 0 aromatic carbocycles. The molecule has 3 rings (SSSR count). The third kappa shape index (κ3) is 2.32. The molecule has 96 valence electrons. The van der Waals surface area contributed by atoms with Crippen LogP contribution in [0.15, 0.2) is 37.2 Å². The lowest BCUT2D eigenvalue weighted by Gasteiger charge is -2.35. The minimum atomic E-state index is -0.108. The van der Waals surface area contributed by atoms with E-state index in [1.54, 1.807) is 0 Å². The summed E-state index contributed by atoms with van der Waals surface area (Å²) in [6.45, 7) is 9.67. The summed E-state index contributed by atoms with van der Waals surface area (Å²) < 4.78 is 0. The van der Waals surface area contributed by atoms with E-state index in [9.17, 15) is 0 Å². The smallest absolute Gasteiger partial charge is 0.351 e. The monoisotopic (exact) mass is 254 g/mol. The second kappa shape index (κ2) is 4.64. The van der Waals surface area contributed by atoms with E-state index in [1.165, 1.54) is 0 Å². The van der Waals surface area contributed by atoms with Gasteiger partial charge in [0.1, 0.15) is 0 Å². The van der Waals surface area contributed by atoms with Crippen LogP contribution >= 0.6 is 0 Å². The standard InChI is InChI=1S/C12H15BN6/c1-14-4-7-17(10-14)13(18-8-5-15(2)11-18)19-9-6-16(3)12-19/h4-9H,1-3H3. The Morgan fingerprint density at radius 2 is 0.895 bits per heavy atom. The van der Waals surface area contributed by atoms with Gasteiger partial charge in [-0.05, 0) is 0 Å². The quantitative estimate of drug-likeness (QED) is 0.661. The highest BCUT2D eigenvalue weighted by Crippen LogP contribution is 2.24. The summed E-state index contributed by atoms with van der Waals surface area (Å²) in [5, 5.41) is 0. The summed E-state index contributed by atoms with van der Waals surface area (Å²) in [6.07, 6.45) is 11.8. The predicted octanol–water partition coefficient (Wildman–Crippen LogP) is 0.116. The van der Waals surface area contributed by atoms with Crippen LogP contribution in [-0.4, -0.2) is 57.4 Å². The minimum Gasteiger partial charge on any atom is -0.351 e. The molecule has 0 saturated carbocycles. The molecule has 0 spiro atoms. The molecular formula is C12H15BN6. The molecule has 7 heteroatoms. The van der Waals surface area contributed by atoms with Crippen LogP contribution in [0.1, 0.15) is 0 Å². The number of hydrogen-bond acceptors (Lipinski definition) is 6. The van der Waals surface area contributed by atoms with Gasteiger partial charge in [0.2, 0.25) is 0 Å². The highest BCUT2D eigenvalue weighted by Gasteiger charge is 2.41. The maximum absolute atomic E-state index is 3.22. The average molecular weight is 254 g/mol. The Morgan fingerprint density at radius 3 is 1.11 bits per heavy atom. The van der Waals surface area contributed by atoms with Gasteiger partial charge in [0, 0.05) is 58.3 Å². The summed E-state index contributed by atoms with van der Waals surface area (Å²) >= 11 is 0. The summed E-state index contributed by atoms with van der Waals surface area (Å²) in [4.78, 5) is 11.6. The highest BCUT2D eigenvalue weighted by atomic mass is 15.5. The molecule has 6 nitrogen and oxygen atoms in total. The minimum absolute atomic E-state index is 0.108. The van der Waals surface area contributed by atoms with Crippen LogP contribution in [0.2, 0.25) is 0 Å². The zero-order valence-corrected chi connectivity index (χ0v) is 11.2. The van der Waals surface area contributed by atoms with Gasteiger partial charge in [0.05, 0.1) is 0 Å². The molecule has 0 unspecified atom stereocenters. The van der Waals surface area contributed by atoms with Gasteiger partial charge in [0.15, 0.2) is 20.0 Å². The third-order valence-corrected chi connectivity index (χ3v) is 2.92. The second-order valence-corrected chi connectivity index (χ2v) is 4.60. The van der Waals surface area contributed by atoms with Gasteiger partial charge >= 0.3 is 7.12 Å². The fourth-order valence-electron chi connectivity index (χ4n) is 2.05. The van der Waals surface area contributed by atoms with Crippen LogP contribution in [0.25, 0.3) is 0 Å². The lowest BCUT2D eigenvalue weighted by Crippen LogP contribution is -2.55. The van der Waals surface area contributed by atoms with Crippen LogP contribution in [0, 0.1) is 20.0 Å². The number of nitrogens with zero attached hydrogens (tertiary/aromatic N) is 6. The van der Waals surface area contributed by atoms with Crippen molar-refractivity contribution in [3.63, 3.8) is 0 Å². The Bertz CT molecular complexity index is 361. The van der Waals surface area contributed by atoms with Gasteiger partial charge in [-0.3, -0.25) is 0 Å². The first kappa shape index (κ1) is 12.1. The van der Waals surface area contributed by atoms with Crippen molar-refractivity contribution in [2.75, 3.05) is 21.1 Å². The normalized spacial score (nSPS) is 21.6. The van der Waals surface area contributed by atoms with Gasteiger partial charge in [-0.25, -0.2) is 0 Å². The molecule has 0 N–H and O–H groups in total. The second-order valence-electron chi connectivity index (χ2n) is 4.60. The van der Waals surface area contributed by atoms with Gasteiger partial charge in [-0.1, -0.05) is 0 Å². The molecule has 0 aromatic rings. The first-order valence-corrected chi connectivity index (χ1v) is 6.01. The zero-order valence-electron chi connectivity index (χ0n) is 11.2. The van der Waals surface area contributed by atoms with Crippen LogP contribution < -0.4 is 0 Å². The van der Waals surface area contributed by atoms with Crippen molar-refractivity contribution in [3.8, 4) is 0 Å². The first-order chi connectivity index (χ1) is 9.13.